The van der Waals surface area contributed by atoms with Crippen LogP contribution in [0.5, 0.6) is 0 Å². The minimum absolute atomic E-state index is 0.0486. The van der Waals surface area contributed by atoms with Crippen molar-refractivity contribution in [1.82, 2.24) is 0 Å². The first-order chi connectivity index (χ1) is 8.97. The summed E-state index contributed by atoms with van der Waals surface area (Å²) in [5, 5.41) is 8.50. The molecule has 2 aliphatic rings. The average Bonchev–Trinajstić information content (AvgIpc) is 3.09. The van der Waals surface area contributed by atoms with Crippen LogP contribution >= 0.6 is 11.3 Å². The summed E-state index contributed by atoms with van der Waals surface area (Å²) >= 11 is 1.37. The summed E-state index contributed by atoms with van der Waals surface area (Å²) in [7, 11) is -3.79. The molecule has 104 valence electrons. The molecule has 5 nitrogen and oxygen atoms in total. The number of hydrogen-bond donors (Lipinski definition) is 2. The van der Waals surface area contributed by atoms with Crippen LogP contribution in [-0.4, -0.2) is 14.3 Å². The standard InChI is InChI=1S/C12H16N2O3S2/c13-19(16,17)10-8-3-1-2-4-9(8)18-12(10)14-11(15)7-5-6-7/h7H,1-6H2,(H,14,15)(H2,13,16,17). The lowest BCUT2D eigenvalue weighted by Crippen LogP contribution is -2.19. The van der Waals surface area contributed by atoms with Crippen LogP contribution in [0.2, 0.25) is 0 Å². The highest BCUT2D eigenvalue weighted by molar-refractivity contribution is 7.89. The summed E-state index contributed by atoms with van der Waals surface area (Å²) in [5.74, 6) is -0.0315. The fraction of sp³-hybridized carbons (Fsp3) is 0.583. The minimum Gasteiger partial charge on any atom is -0.316 e. The van der Waals surface area contributed by atoms with E-state index in [1.807, 2.05) is 0 Å². The molecule has 0 saturated heterocycles. The van der Waals surface area contributed by atoms with Crippen molar-refractivity contribution < 1.29 is 13.2 Å². The normalized spacial score (nSPS) is 19.0. The van der Waals surface area contributed by atoms with Crippen LogP contribution in [0.1, 0.15) is 36.1 Å². The van der Waals surface area contributed by atoms with Crippen molar-refractivity contribution in [1.29, 1.82) is 0 Å². The van der Waals surface area contributed by atoms with Gasteiger partial charge in [-0.05, 0) is 44.1 Å². The predicted octanol–water partition coefficient (Wildman–Crippen LogP) is 1.62. The summed E-state index contributed by atoms with van der Waals surface area (Å²) in [6.45, 7) is 0. The molecule has 2 aliphatic carbocycles. The van der Waals surface area contributed by atoms with Gasteiger partial charge in [-0.15, -0.1) is 11.3 Å². The summed E-state index contributed by atoms with van der Waals surface area (Å²) in [5.41, 5.74) is 0.824. The van der Waals surface area contributed by atoms with Crippen LogP contribution in [0.25, 0.3) is 0 Å². The Bertz CT molecular complexity index is 630. The number of nitrogens with two attached hydrogens (primary N) is 1. The molecule has 1 heterocycles. The molecule has 7 heteroatoms. The second-order valence-corrected chi connectivity index (χ2v) is 7.78. The number of carbonyl (C=O) groups excluding carboxylic acids is 1. The molecule has 0 bridgehead atoms. The van der Waals surface area contributed by atoms with E-state index in [-0.39, 0.29) is 16.7 Å². The van der Waals surface area contributed by atoms with Gasteiger partial charge in [0.05, 0.1) is 0 Å². The quantitative estimate of drug-likeness (QED) is 0.889. The van der Waals surface area contributed by atoms with E-state index in [1.54, 1.807) is 0 Å². The van der Waals surface area contributed by atoms with Gasteiger partial charge in [0.1, 0.15) is 9.90 Å². The largest absolute Gasteiger partial charge is 0.316 e. The van der Waals surface area contributed by atoms with E-state index in [9.17, 15) is 13.2 Å². The molecule has 3 rings (SSSR count). The van der Waals surface area contributed by atoms with Gasteiger partial charge in [0, 0.05) is 10.8 Å². The second kappa shape index (κ2) is 4.57. The molecule has 1 amide bonds. The van der Waals surface area contributed by atoms with Crippen LogP contribution < -0.4 is 10.5 Å². The molecule has 0 aromatic carbocycles. The molecular formula is C12H16N2O3S2. The summed E-state index contributed by atoms with van der Waals surface area (Å²) < 4.78 is 23.6. The first kappa shape index (κ1) is 13.1. The highest BCUT2D eigenvalue weighted by Crippen LogP contribution is 2.41. The maximum atomic E-state index is 11.8. The van der Waals surface area contributed by atoms with Crippen molar-refractivity contribution in [3.05, 3.63) is 10.4 Å². The van der Waals surface area contributed by atoms with Gasteiger partial charge >= 0.3 is 0 Å². The van der Waals surface area contributed by atoms with Gasteiger partial charge < -0.3 is 5.32 Å². The SMILES string of the molecule is NS(=O)(=O)c1c(NC(=O)C2CC2)sc2c1CCCC2. The topological polar surface area (TPSA) is 89.3 Å². The Morgan fingerprint density at radius 1 is 1.26 bits per heavy atom. The van der Waals surface area contributed by atoms with Gasteiger partial charge in [-0.25, -0.2) is 13.6 Å². The van der Waals surface area contributed by atoms with Crippen molar-refractivity contribution >= 4 is 32.3 Å². The molecule has 0 spiro atoms. The highest BCUT2D eigenvalue weighted by Gasteiger charge is 2.33. The summed E-state index contributed by atoms with van der Waals surface area (Å²) in [6, 6.07) is 0. The number of anilines is 1. The third-order valence-corrected chi connectivity index (χ3v) is 5.95. The molecule has 3 N–H and O–H groups in total. The zero-order valence-electron chi connectivity index (χ0n) is 10.4. The number of thiophene rings is 1. The monoisotopic (exact) mass is 300 g/mol. The molecule has 1 saturated carbocycles. The zero-order chi connectivity index (χ0) is 13.6. The van der Waals surface area contributed by atoms with E-state index in [1.165, 1.54) is 11.3 Å². The molecule has 0 unspecified atom stereocenters. The smallest absolute Gasteiger partial charge is 0.241 e. The van der Waals surface area contributed by atoms with Gasteiger partial charge in [-0.2, -0.15) is 0 Å². The Balaban J connectivity index is 2.02. The van der Waals surface area contributed by atoms with Crippen molar-refractivity contribution in [2.45, 2.75) is 43.4 Å². The van der Waals surface area contributed by atoms with Crippen molar-refractivity contribution in [2.75, 3.05) is 5.32 Å². The van der Waals surface area contributed by atoms with E-state index < -0.39 is 10.0 Å². The third-order valence-electron chi connectivity index (χ3n) is 3.59. The third kappa shape index (κ3) is 2.54. The number of aryl methyl sites for hydroxylation is 1. The van der Waals surface area contributed by atoms with Crippen LogP contribution in [0.3, 0.4) is 0 Å². The highest BCUT2D eigenvalue weighted by atomic mass is 32.2. The average molecular weight is 300 g/mol. The van der Waals surface area contributed by atoms with Crippen molar-refractivity contribution in [3.63, 3.8) is 0 Å². The van der Waals surface area contributed by atoms with Crippen LogP contribution in [-0.2, 0) is 27.7 Å². The summed E-state index contributed by atoms with van der Waals surface area (Å²) in [6.07, 6.45) is 5.43. The second-order valence-electron chi connectivity index (χ2n) is 5.18. The van der Waals surface area contributed by atoms with E-state index in [4.69, 9.17) is 5.14 Å². The maximum absolute atomic E-state index is 11.8. The van der Waals surface area contributed by atoms with Gasteiger partial charge in [-0.3, -0.25) is 4.79 Å². The number of amides is 1. The minimum atomic E-state index is -3.79. The first-order valence-corrected chi connectivity index (χ1v) is 8.81. The van der Waals surface area contributed by atoms with Crippen molar-refractivity contribution in [2.24, 2.45) is 11.1 Å². The lowest BCUT2D eigenvalue weighted by Gasteiger charge is -2.11. The number of rotatable bonds is 3. The molecule has 19 heavy (non-hydrogen) atoms. The molecule has 1 aromatic heterocycles. The fourth-order valence-corrected chi connectivity index (χ4v) is 5.08. The van der Waals surface area contributed by atoms with Crippen LogP contribution in [0, 0.1) is 5.92 Å². The van der Waals surface area contributed by atoms with E-state index in [0.717, 1.165) is 49.0 Å². The zero-order valence-corrected chi connectivity index (χ0v) is 12.1. The molecule has 1 fully saturated rings. The van der Waals surface area contributed by atoms with Gasteiger partial charge in [0.15, 0.2) is 0 Å². The van der Waals surface area contributed by atoms with Gasteiger partial charge in [0.2, 0.25) is 15.9 Å². The number of carbonyl (C=O) groups is 1. The number of primary sulfonamides is 1. The number of nitrogens with one attached hydrogen (secondary N) is 1. The van der Waals surface area contributed by atoms with Gasteiger partial charge in [-0.1, -0.05) is 0 Å². The molecule has 0 aliphatic heterocycles. The fourth-order valence-electron chi connectivity index (χ4n) is 2.48. The lowest BCUT2D eigenvalue weighted by molar-refractivity contribution is -0.117. The Hall–Kier alpha value is -0.920. The van der Waals surface area contributed by atoms with E-state index in [2.05, 4.69) is 5.32 Å². The van der Waals surface area contributed by atoms with Gasteiger partial charge in [0.25, 0.3) is 0 Å². The van der Waals surface area contributed by atoms with Crippen LogP contribution in [0.4, 0.5) is 5.00 Å². The molecule has 0 atom stereocenters. The van der Waals surface area contributed by atoms with Crippen LogP contribution in [0.15, 0.2) is 4.90 Å². The lowest BCUT2D eigenvalue weighted by atomic mass is 9.99. The Morgan fingerprint density at radius 2 is 1.95 bits per heavy atom. The summed E-state index contributed by atoms with van der Waals surface area (Å²) in [4.78, 5) is 13.0. The first-order valence-electron chi connectivity index (χ1n) is 6.45. The molecule has 1 aromatic rings. The number of sulfonamides is 1. The molecular weight excluding hydrogens is 284 g/mol. The Labute approximate surface area is 116 Å². The molecule has 0 radical (unpaired) electrons. The van der Waals surface area contributed by atoms with E-state index >= 15 is 0 Å². The Morgan fingerprint density at radius 3 is 2.58 bits per heavy atom. The van der Waals surface area contributed by atoms with Crippen molar-refractivity contribution in [3.8, 4) is 0 Å². The Kier molecular flexibility index (Phi) is 3.15. The number of fused-ring (bicyclic) bond motifs is 1. The van der Waals surface area contributed by atoms with E-state index in [0.29, 0.717) is 5.00 Å². The number of hydrogen-bond acceptors (Lipinski definition) is 4. The maximum Gasteiger partial charge on any atom is 0.241 e. The predicted molar refractivity (Wildman–Crippen MR) is 73.7 cm³/mol.